The average Bonchev–Trinajstić information content (AvgIpc) is 3.12. The van der Waals surface area contributed by atoms with Crippen LogP contribution >= 0.6 is 0 Å². The number of aliphatic hydroxyl groups excluding tert-OH is 3. The number of rotatable bonds is 8. The summed E-state index contributed by atoms with van der Waals surface area (Å²) in [6.07, 6.45) is 2.31. The highest BCUT2D eigenvalue weighted by Crippen LogP contribution is 2.42. The number of ether oxygens (including phenoxy) is 1. The second-order valence-corrected chi connectivity index (χ2v) is 7.60. The van der Waals surface area contributed by atoms with Crippen LogP contribution in [0, 0.1) is 0 Å². The van der Waals surface area contributed by atoms with E-state index in [1.807, 2.05) is 6.92 Å². The maximum atomic E-state index is 12.8. The minimum absolute atomic E-state index is 0.0343. The van der Waals surface area contributed by atoms with Crippen LogP contribution in [0.1, 0.15) is 43.5 Å². The Morgan fingerprint density at radius 2 is 1.96 bits per heavy atom. The number of aryl methyl sites for hydroxylation is 1. The largest absolute Gasteiger partial charge is 0.394 e. The molecule has 5 N–H and O–H groups in total. The van der Waals surface area contributed by atoms with Gasteiger partial charge in [0, 0.05) is 10.9 Å². The van der Waals surface area contributed by atoms with E-state index in [1.54, 1.807) is 0 Å². The molecule has 154 valence electrons. The normalized spacial score (nSPS) is 19.6. The van der Waals surface area contributed by atoms with Gasteiger partial charge >= 0.3 is 0 Å². The number of hydrogen-bond acceptors (Lipinski definition) is 5. The van der Waals surface area contributed by atoms with E-state index in [0.29, 0.717) is 13.0 Å². The zero-order valence-corrected chi connectivity index (χ0v) is 16.5. The first-order valence-corrected chi connectivity index (χ1v) is 9.88. The molecule has 2 aromatic rings. The summed E-state index contributed by atoms with van der Waals surface area (Å²) in [5.41, 5.74) is 2.17. The Labute approximate surface area is 164 Å². The van der Waals surface area contributed by atoms with E-state index in [4.69, 9.17) is 4.74 Å². The molecule has 0 aliphatic carbocycles. The van der Waals surface area contributed by atoms with E-state index in [2.05, 4.69) is 35.4 Å². The van der Waals surface area contributed by atoms with E-state index in [-0.39, 0.29) is 12.3 Å². The van der Waals surface area contributed by atoms with Crippen LogP contribution < -0.4 is 5.32 Å². The Hall–Kier alpha value is -1.93. The van der Waals surface area contributed by atoms with Gasteiger partial charge in [-0.2, -0.15) is 0 Å². The summed E-state index contributed by atoms with van der Waals surface area (Å²) in [6.45, 7) is 2.95. The lowest BCUT2D eigenvalue weighted by Gasteiger charge is -2.37. The molecular weight excluding hydrogens is 360 g/mol. The number of aromatic nitrogens is 1. The van der Waals surface area contributed by atoms with Crippen LogP contribution in [0.2, 0.25) is 0 Å². The first-order chi connectivity index (χ1) is 13.5. The van der Waals surface area contributed by atoms with Crippen molar-refractivity contribution in [3.05, 3.63) is 35.0 Å². The highest BCUT2D eigenvalue weighted by molar-refractivity contribution is 5.88. The predicted molar refractivity (Wildman–Crippen MR) is 106 cm³/mol. The fraction of sp³-hybridized carbons (Fsp3) is 0.571. The molecule has 1 amide bonds. The molecule has 1 aliphatic heterocycles. The molecule has 1 atom stereocenters. The Morgan fingerprint density at radius 1 is 1.25 bits per heavy atom. The van der Waals surface area contributed by atoms with Gasteiger partial charge in [0.1, 0.15) is 11.1 Å². The molecule has 0 saturated heterocycles. The summed E-state index contributed by atoms with van der Waals surface area (Å²) >= 11 is 0. The van der Waals surface area contributed by atoms with Crippen LogP contribution in [-0.4, -0.2) is 58.2 Å². The quantitative estimate of drug-likeness (QED) is 0.464. The number of aromatic amines is 1. The van der Waals surface area contributed by atoms with Crippen molar-refractivity contribution in [3.63, 3.8) is 0 Å². The third kappa shape index (κ3) is 3.43. The summed E-state index contributed by atoms with van der Waals surface area (Å²) in [5, 5.41) is 32.2. The summed E-state index contributed by atoms with van der Waals surface area (Å²) < 4.78 is 6.15. The molecule has 1 aliphatic rings. The zero-order chi connectivity index (χ0) is 20.4. The van der Waals surface area contributed by atoms with Gasteiger partial charge in [0.05, 0.1) is 38.5 Å². The van der Waals surface area contributed by atoms with E-state index < -0.39 is 31.0 Å². The molecule has 3 rings (SSSR count). The van der Waals surface area contributed by atoms with E-state index >= 15 is 0 Å². The van der Waals surface area contributed by atoms with E-state index in [1.165, 1.54) is 16.5 Å². The van der Waals surface area contributed by atoms with Crippen LogP contribution in [0.15, 0.2) is 18.2 Å². The van der Waals surface area contributed by atoms with Gasteiger partial charge in [-0.05, 0) is 30.4 Å². The lowest BCUT2D eigenvalue weighted by molar-refractivity contribution is -0.136. The number of para-hydroxylation sites is 1. The smallest absolute Gasteiger partial charge is 0.223 e. The molecule has 1 aromatic carbocycles. The molecular formula is C21H30N2O5. The van der Waals surface area contributed by atoms with Gasteiger partial charge in [0.15, 0.2) is 0 Å². The molecule has 0 spiro atoms. The highest BCUT2D eigenvalue weighted by Gasteiger charge is 2.42. The summed E-state index contributed by atoms with van der Waals surface area (Å²) in [6, 6.07) is 6.26. The van der Waals surface area contributed by atoms with Gasteiger partial charge in [-0.1, -0.05) is 32.0 Å². The molecule has 28 heavy (non-hydrogen) atoms. The number of nitrogens with one attached hydrogen (secondary N) is 2. The monoisotopic (exact) mass is 390 g/mol. The number of hydrogen-bond donors (Lipinski definition) is 5. The number of fused-ring (bicyclic) bond motifs is 3. The fourth-order valence-electron chi connectivity index (χ4n) is 4.11. The van der Waals surface area contributed by atoms with Crippen molar-refractivity contribution in [2.45, 2.75) is 50.7 Å². The number of H-pyrrole nitrogens is 1. The summed E-state index contributed by atoms with van der Waals surface area (Å²) in [5.74, 6) is -0.388. The van der Waals surface area contributed by atoms with Crippen molar-refractivity contribution in [2.75, 3.05) is 26.4 Å². The molecule has 7 nitrogen and oxygen atoms in total. The van der Waals surface area contributed by atoms with Crippen molar-refractivity contribution in [2.24, 2.45) is 0 Å². The molecule has 2 heterocycles. The predicted octanol–water partition coefficient (Wildman–Crippen LogP) is 1.13. The summed E-state index contributed by atoms with van der Waals surface area (Å²) in [4.78, 5) is 16.3. The van der Waals surface area contributed by atoms with Crippen molar-refractivity contribution in [1.29, 1.82) is 0 Å². The van der Waals surface area contributed by atoms with E-state index in [9.17, 15) is 20.1 Å². The van der Waals surface area contributed by atoms with E-state index in [0.717, 1.165) is 24.1 Å². The van der Waals surface area contributed by atoms with Crippen LogP contribution in [0.5, 0.6) is 0 Å². The van der Waals surface area contributed by atoms with Gasteiger partial charge in [-0.25, -0.2) is 0 Å². The average molecular weight is 390 g/mol. The van der Waals surface area contributed by atoms with Crippen molar-refractivity contribution in [1.82, 2.24) is 10.3 Å². The summed E-state index contributed by atoms with van der Waals surface area (Å²) in [7, 11) is 0. The lowest BCUT2D eigenvalue weighted by atomic mass is 9.85. The van der Waals surface area contributed by atoms with Crippen LogP contribution in [0.4, 0.5) is 0 Å². The highest BCUT2D eigenvalue weighted by atomic mass is 16.5. The topological polar surface area (TPSA) is 115 Å². The molecule has 0 radical (unpaired) electrons. The van der Waals surface area contributed by atoms with Crippen molar-refractivity contribution < 1.29 is 24.9 Å². The Bertz CT molecular complexity index is 834. The van der Waals surface area contributed by atoms with Gasteiger partial charge < -0.3 is 30.4 Å². The molecule has 7 heteroatoms. The number of carbonyl (C=O) groups excluding carboxylic acids is 1. The second-order valence-electron chi connectivity index (χ2n) is 7.60. The number of aliphatic hydroxyl groups is 3. The molecule has 1 unspecified atom stereocenters. The van der Waals surface area contributed by atoms with Crippen LogP contribution in [0.3, 0.4) is 0 Å². The minimum atomic E-state index is -1.45. The minimum Gasteiger partial charge on any atom is -0.394 e. The molecule has 0 fully saturated rings. The zero-order valence-electron chi connectivity index (χ0n) is 16.5. The first-order valence-electron chi connectivity index (χ1n) is 9.88. The lowest BCUT2D eigenvalue weighted by Crippen LogP contribution is -2.58. The standard InChI is InChI=1S/C21H30N2O5/c1-3-14-6-5-7-15-16-8-9-28-21(4-2,19(16)22-18(14)15)10-17(27)23-20(11-24,12-25)13-26/h5-7,22,24-26H,3-4,8-13H2,1-2H3,(H,23,27). The maximum Gasteiger partial charge on any atom is 0.223 e. The van der Waals surface area contributed by atoms with Gasteiger partial charge in [0.25, 0.3) is 0 Å². The number of benzene rings is 1. The molecule has 0 saturated carbocycles. The number of amides is 1. The SMILES string of the molecule is CCc1cccc2c3c([nH]c12)C(CC)(CC(=O)NC(CO)(CO)CO)OCC3. The molecule has 0 bridgehead atoms. The number of carbonyl (C=O) groups is 1. The third-order valence-electron chi connectivity index (χ3n) is 5.92. The van der Waals surface area contributed by atoms with Gasteiger partial charge in [-0.15, -0.1) is 0 Å². The van der Waals surface area contributed by atoms with Crippen LogP contribution in [0.25, 0.3) is 10.9 Å². The Kier molecular flexibility index (Phi) is 6.09. The van der Waals surface area contributed by atoms with Crippen LogP contribution in [-0.2, 0) is 28.0 Å². The van der Waals surface area contributed by atoms with Crippen molar-refractivity contribution in [3.8, 4) is 0 Å². The maximum absolute atomic E-state index is 12.8. The fourth-order valence-corrected chi connectivity index (χ4v) is 4.11. The second kappa shape index (κ2) is 8.21. The first kappa shape index (κ1) is 20.8. The molecule has 1 aromatic heterocycles. The Balaban J connectivity index is 1.98. The Morgan fingerprint density at radius 3 is 2.57 bits per heavy atom. The van der Waals surface area contributed by atoms with Gasteiger partial charge in [0.2, 0.25) is 5.91 Å². The third-order valence-corrected chi connectivity index (χ3v) is 5.92. The van der Waals surface area contributed by atoms with Gasteiger partial charge in [-0.3, -0.25) is 4.79 Å². The van der Waals surface area contributed by atoms with Crippen molar-refractivity contribution >= 4 is 16.8 Å².